The number of carbonyl (C=O) groups excluding carboxylic acids is 1. The van der Waals surface area contributed by atoms with E-state index in [4.69, 9.17) is 22.1 Å². The molecule has 108 valence electrons. The summed E-state index contributed by atoms with van der Waals surface area (Å²) in [6.07, 6.45) is 0. The third-order valence-corrected chi connectivity index (χ3v) is 5.39. The lowest BCUT2D eigenvalue weighted by molar-refractivity contribution is 0.00763. The summed E-state index contributed by atoms with van der Waals surface area (Å²) < 4.78 is 5.38. The van der Waals surface area contributed by atoms with Crippen molar-refractivity contribution in [3.8, 4) is 9.75 Å². The largest absolute Gasteiger partial charge is 0.456 e. The molecule has 2 aromatic rings. The molecule has 0 saturated carbocycles. The molecule has 0 aliphatic carbocycles. The monoisotopic (exact) mass is 329 g/mol. The average Bonchev–Trinajstić information content (AvgIpc) is 2.83. The Kier molecular flexibility index (Phi) is 4.14. The van der Waals surface area contributed by atoms with Crippen LogP contribution in [0.4, 0.5) is 5.69 Å². The van der Waals surface area contributed by atoms with Crippen molar-refractivity contribution in [1.29, 1.82) is 0 Å². The minimum absolute atomic E-state index is 0.387. The average molecular weight is 330 g/mol. The van der Waals surface area contributed by atoms with E-state index in [2.05, 4.69) is 0 Å². The molecule has 2 aromatic heterocycles. The van der Waals surface area contributed by atoms with E-state index in [1.54, 1.807) is 0 Å². The van der Waals surface area contributed by atoms with E-state index in [-0.39, 0.29) is 5.97 Å². The van der Waals surface area contributed by atoms with Gasteiger partial charge in [0.15, 0.2) is 0 Å². The van der Waals surface area contributed by atoms with Crippen molar-refractivity contribution in [2.24, 2.45) is 0 Å². The van der Waals surface area contributed by atoms with Gasteiger partial charge in [0.05, 0.1) is 20.5 Å². The molecule has 0 amide bonds. The molecule has 0 bridgehead atoms. The van der Waals surface area contributed by atoms with Gasteiger partial charge in [0.1, 0.15) is 10.5 Å². The maximum Gasteiger partial charge on any atom is 0.351 e. The highest BCUT2D eigenvalue weighted by molar-refractivity contribution is 7.23. The number of rotatable bonds is 2. The molecular formula is C14H16ClNO2S2. The SMILES string of the molecule is Cc1c(-c2sccc2Cl)sc(C(=O)OC(C)(C)C)c1N. The Labute approximate surface area is 131 Å². The lowest BCUT2D eigenvalue weighted by atomic mass is 10.2. The van der Waals surface area contributed by atoms with Gasteiger partial charge in [-0.2, -0.15) is 0 Å². The third-order valence-electron chi connectivity index (χ3n) is 2.60. The second kappa shape index (κ2) is 5.39. The predicted octanol–water partition coefficient (Wildman–Crippen LogP) is 4.98. The fraction of sp³-hybridized carbons (Fsp3) is 0.357. The van der Waals surface area contributed by atoms with Crippen molar-refractivity contribution in [2.75, 3.05) is 5.73 Å². The lowest BCUT2D eigenvalue weighted by Crippen LogP contribution is -2.23. The molecule has 0 spiro atoms. The molecular weight excluding hydrogens is 314 g/mol. The van der Waals surface area contributed by atoms with Gasteiger partial charge in [0, 0.05) is 0 Å². The van der Waals surface area contributed by atoms with E-state index in [0.29, 0.717) is 15.6 Å². The Morgan fingerprint density at radius 2 is 2.00 bits per heavy atom. The highest BCUT2D eigenvalue weighted by atomic mass is 35.5. The van der Waals surface area contributed by atoms with Crippen molar-refractivity contribution >= 4 is 45.9 Å². The number of hydrogen-bond acceptors (Lipinski definition) is 5. The van der Waals surface area contributed by atoms with Crippen molar-refractivity contribution in [1.82, 2.24) is 0 Å². The standard InChI is InChI=1S/C14H16ClNO2S2/c1-7-9(16)12(13(17)18-14(2,3)4)20-10(7)11-8(15)5-6-19-11/h5-6H,16H2,1-4H3. The van der Waals surface area contributed by atoms with Crippen LogP contribution in [0.3, 0.4) is 0 Å². The fourth-order valence-corrected chi connectivity index (χ4v) is 4.20. The highest BCUT2D eigenvalue weighted by Gasteiger charge is 2.25. The summed E-state index contributed by atoms with van der Waals surface area (Å²) in [6, 6.07) is 1.84. The summed E-state index contributed by atoms with van der Waals surface area (Å²) in [5.74, 6) is -0.387. The second-order valence-corrected chi connectivity index (χ2v) is 7.74. The van der Waals surface area contributed by atoms with Gasteiger partial charge >= 0.3 is 5.97 Å². The van der Waals surface area contributed by atoms with E-state index in [1.807, 2.05) is 39.1 Å². The number of carbonyl (C=O) groups is 1. The van der Waals surface area contributed by atoms with E-state index >= 15 is 0 Å². The zero-order chi connectivity index (χ0) is 15.1. The molecule has 0 aromatic carbocycles. The van der Waals surface area contributed by atoms with Crippen LogP contribution in [0.2, 0.25) is 5.02 Å². The van der Waals surface area contributed by atoms with E-state index < -0.39 is 5.60 Å². The number of halogens is 1. The van der Waals surface area contributed by atoms with Gasteiger partial charge in [0.25, 0.3) is 0 Å². The first-order valence-corrected chi connectivity index (χ1v) is 8.13. The molecule has 0 unspecified atom stereocenters. The quantitative estimate of drug-likeness (QED) is 0.791. The molecule has 0 atom stereocenters. The fourth-order valence-electron chi connectivity index (χ4n) is 1.67. The number of esters is 1. The topological polar surface area (TPSA) is 52.3 Å². The first kappa shape index (κ1) is 15.4. The minimum Gasteiger partial charge on any atom is -0.456 e. The zero-order valence-corrected chi connectivity index (χ0v) is 14.1. The van der Waals surface area contributed by atoms with Crippen molar-refractivity contribution in [2.45, 2.75) is 33.3 Å². The Hall–Kier alpha value is -1.04. The summed E-state index contributed by atoms with van der Waals surface area (Å²) in [5, 5.41) is 2.59. The Balaban J connectivity index is 2.43. The Morgan fingerprint density at radius 1 is 1.35 bits per heavy atom. The van der Waals surface area contributed by atoms with Gasteiger partial charge in [-0.3, -0.25) is 0 Å². The molecule has 0 radical (unpaired) electrons. The molecule has 2 heterocycles. The highest BCUT2D eigenvalue weighted by Crippen LogP contribution is 2.43. The number of nitrogens with two attached hydrogens (primary N) is 1. The first-order chi connectivity index (χ1) is 9.20. The summed E-state index contributed by atoms with van der Waals surface area (Å²) >= 11 is 9.02. The van der Waals surface area contributed by atoms with Crippen molar-refractivity contribution < 1.29 is 9.53 Å². The second-order valence-electron chi connectivity index (χ2n) is 5.40. The van der Waals surface area contributed by atoms with Gasteiger partial charge in [0.2, 0.25) is 0 Å². The normalized spacial score (nSPS) is 11.7. The van der Waals surface area contributed by atoms with Gasteiger partial charge in [-0.1, -0.05) is 11.6 Å². The number of ether oxygens (including phenoxy) is 1. The van der Waals surface area contributed by atoms with Gasteiger partial charge in [-0.25, -0.2) is 4.79 Å². The smallest absolute Gasteiger partial charge is 0.351 e. The van der Waals surface area contributed by atoms with E-state index in [9.17, 15) is 4.79 Å². The molecule has 0 fully saturated rings. The predicted molar refractivity (Wildman–Crippen MR) is 87.0 cm³/mol. The van der Waals surface area contributed by atoms with Crippen LogP contribution < -0.4 is 5.73 Å². The molecule has 6 heteroatoms. The molecule has 2 rings (SSSR count). The molecule has 0 aliphatic rings. The first-order valence-electron chi connectivity index (χ1n) is 6.06. The number of hydrogen-bond donors (Lipinski definition) is 1. The van der Waals surface area contributed by atoms with Gasteiger partial charge in [-0.15, -0.1) is 22.7 Å². The van der Waals surface area contributed by atoms with Crippen LogP contribution in [0, 0.1) is 6.92 Å². The zero-order valence-electron chi connectivity index (χ0n) is 11.7. The number of nitrogen functional groups attached to an aromatic ring is 1. The Morgan fingerprint density at radius 3 is 2.50 bits per heavy atom. The number of anilines is 1. The summed E-state index contributed by atoms with van der Waals surface area (Å²) in [6.45, 7) is 7.39. The van der Waals surface area contributed by atoms with Crippen LogP contribution in [0.1, 0.15) is 36.0 Å². The van der Waals surface area contributed by atoms with E-state index in [1.165, 1.54) is 22.7 Å². The van der Waals surface area contributed by atoms with Crippen LogP contribution >= 0.6 is 34.3 Å². The van der Waals surface area contributed by atoms with Gasteiger partial charge in [-0.05, 0) is 44.7 Å². The summed E-state index contributed by atoms with van der Waals surface area (Å²) in [4.78, 5) is 14.5. The van der Waals surface area contributed by atoms with Crippen molar-refractivity contribution in [3.63, 3.8) is 0 Å². The summed E-state index contributed by atoms with van der Waals surface area (Å²) in [7, 11) is 0. The Bertz CT molecular complexity index is 653. The lowest BCUT2D eigenvalue weighted by Gasteiger charge is -2.19. The maximum atomic E-state index is 12.2. The van der Waals surface area contributed by atoms with Crippen LogP contribution in [-0.4, -0.2) is 11.6 Å². The van der Waals surface area contributed by atoms with Crippen LogP contribution in [0.5, 0.6) is 0 Å². The molecule has 0 aliphatic heterocycles. The van der Waals surface area contributed by atoms with Gasteiger partial charge < -0.3 is 10.5 Å². The molecule has 2 N–H and O–H groups in total. The van der Waals surface area contributed by atoms with Crippen LogP contribution in [0.25, 0.3) is 9.75 Å². The molecule has 0 saturated heterocycles. The number of thiophene rings is 2. The minimum atomic E-state index is -0.540. The van der Waals surface area contributed by atoms with Crippen LogP contribution in [-0.2, 0) is 4.74 Å². The molecule has 20 heavy (non-hydrogen) atoms. The van der Waals surface area contributed by atoms with Crippen molar-refractivity contribution in [3.05, 3.63) is 26.9 Å². The summed E-state index contributed by atoms with van der Waals surface area (Å²) in [5.41, 5.74) is 6.86. The maximum absolute atomic E-state index is 12.2. The van der Waals surface area contributed by atoms with E-state index in [0.717, 1.165) is 15.3 Å². The van der Waals surface area contributed by atoms with Crippen LogP contribution in [0.15, 0.2) is 11.4 Å². The molecule has 3 nitrogen and oxygen atoms in total. The third kappa shape index (κ3) is 3.00.